The van der Waals surface area contributed by atoms with Crippen LogP contribution in [0.4, 0.5) is 0 Å². The quantitative estimate of drug-likeness (QED) is 0.817. The van der Waals surface area contributed by atoms with E-state index in [0.717, 1.165) is 11.0 Å². The maximum absolute atomic E-state index is 9.19. The van der Waals surface area contributed by atoms with Gasteiger partial charge in [-0.05, 0) is 12.1 Å². The Labute approximate surface area is 88.1 Å². The third-order valence-corrected chi connectivity index (χ3v) is 2.39. The van der Waals surface area contributed by atoms with Crippen molar-refractivity contribution >= 4 is 11.0 Å². The Balaban J connectivity index is 2.47. The summed E-state index contributed by atoms with van der Waals surface area (Å²) in [5.74, 6) is 0.688. The minimum Gasteiger partial charge on any atom is -0.388 e. The van der Waals surface area contributed by atoms with Crippen molar-refractivity contribution in [3.63, 3.8) is 0 Å². The number of hydrogen-bond donors (Lipinski definition) is 1. The molecule has 0 saturated heterocycles. The van der Waals surface area contributed by atoms with Crippen LogP contribution < -0.4 is 0 Å². The Morgan fingerprint density at radius 2 is 2.20 bits per heavy atom. The van der Waals surface area contributed by atoms with Crippen molar-refractivity contribution in [2.75, 3.05) is 13.7 Å². The van der Waals surface area contributed by atoms with Gasteiger partial charge in [0.2, 0.25) is 0 Å². The van der Waals surface area contributed by atoms with Gasteiger partial charge in [-0.3, -0.25) is 0 Å². The molecule has 0 unspecified atom stereocenters. The minimum absolute atomic E-state index is 0.0433. The van der Waals surface area contributed by atoms with Gasteiger partial charge in [0.15, 0.2) is 0 Å². The predicted octanol–water partition coefficient (Wildman–Crippen LogP) is 1.18. The van der Waals surface area contributed by atoms with E-state index in [4.69, 9.17) is 4.74 Å². The van der Waals surface area contributed by atoms with Crippen LogP contribution in [0.3, 0.4) is 0 Å². The third kappa shape index (κ3) is 1.86. The molecule has 2 rings (SSSR count). The van der Waals surface area contributed by atoms with Crippen molar-refractivity contribution < 1.29 is 9.84 Å². The van der Waals surface area contributed by atoms with Gasteiger partial charge in [0.05, 0.1) is 17.6 Å². The molecule has 2 aromatic rings. The van der Waals surface area contributed by atoms with E-state index < -0.39 is 0 Å². The Morgan fingerprint density at radius 1 is 1.40 bits per heavy atom. The summed E-state index contributed by atoms with van der Waals surface area (Å²) in [6.45, 7) is 1.29. The second-order valence-corrected chi connectivity index (χ2v) is 3.32. The third-order valence-electron chi connectivity index (χ3n) is 2.39. The topological polar surface area (TPSA) is 47.3 Å². The Bertz CT molecular complexity index is 451. The predicted molar refractivity (Wildman–Crippen MR) is 57.5 cm³/mol. The summed E-state index contributed by atoms with van der Waals surface area (Å²) in [5.41, 5.74) is 1.95. The smallest absolute Gasteiger partial charge is 0.135 e. The summed E-state index contributed by atoms with van der Waals surface area (Å²) >= 11 is 0. The van der Waals surface area contributed by atoms with Crippen LogP contribution in [-0.2, 0) is 17.9 Å². The molecule has 0 bridgehead atoms. The number of aliphatic hydroxyl groups excluding tert-OH is 1. The van der Waals surface area contributed by atoms with Crippen LogP contribution in [-0.4, -0.2) is 28.4 Å². The molecule has 1 aromatic carbocycles. The highest BCUT2D eigenvalue weighted by atomic mass is 16.5. The summed E-state index contributed by atoms with van der Waals surface area (Å²) in [6, 6.07) is 7.85. The number of hydrogen-bond acceptors (Lipinski definition) is 3. The highest BCUT2D eigenvalue weighted by molar-refractivity contribution is 5.75. The molecule has 0 radical (unpaired) electrons. The van der Waals surface area contributed by atoms with E-state index in [9.17, 15) is 5.11 Å². The average molecular weight is 206 g/mol. The SMILES string of the molecule is COCCn1c(CO)nc2ccccc21. The zero-order chi connectivity index (χ0) is 10.7. The summed E-state index contributed by atoms with van der Waals surface area (Å²) in [7, 11) is 1.66. The van der Waals surface area contributed by atoms with Crippen LogP contribution in [0.15, 0.2) is 24.3 Å². The standard InChI is InChI=1S/C11H14N2O2/c1-15-7-6-13-10-5-3-2-4-9(10)12-11(13)8-14/h2-5,14H,6-8H2,1H3. The van der Waals surface area contributed by atoms with Crippen LogP contribution in [0, 0.1) is 0 Å². The molecular formula is C11H14N2O2. The van der Waals surface area contributed by atoms with E-state index in [0.29, 0.717) is 19.0 Å². The molecule has 0 spiro atoms. The highest BCUT2D eigenvalue weighted by Gasteiger charge is 2.08. The van der Waals surface area contributed by atoms with Crippen molar-refractivity contribution in [2.24, 2.45) is 0 Å². The number of ether oxygens (including phenoxy) is 1. The molecule has 0 fully saturated rings. The van der Waals surface area contributed by atoms with Crippen LogP contribution >= 0.6 is 0 Å². The Hall–Kier alpha value is -1.39. The largest absolute Gasteiger partial charge is 0.388 e. The Kier molecular flexibility index (Phi) is 2.99. The number of para-hydroxylation sites is 2. The van der Waals surface area contributed by atoms with Gasteiger partial charge in [0.25, 0.3) is 0 Å². The Morgan fingerprint density at radius 3 is 2.93 bits per heavy atom. The monoisotopic (exact) mass is 206 g/mol. The highest BCUT2D eigenvalue weighted by Crippen LogP contribution is 2.15. The second kappa shape index (κ2) is 4.42. The first kappa shape index (κ1) is 10.1. The van der Waals surface area contributed by atoms with Gasteiger partial charge in [-0.15, -0.1) is 0 Å². The lowest BCUT2D eigenvalue weighted by molar-refractivity contribution is 0.184. The first-order chi connectivity index (χ1) is 7.36. The fourth-order valence-corrected chi connectivity index (χ4v) is 1.68. The van der Waals surface area contributed by atoms with Crippen molar-refractivity contribution in [3.05, 3.63) is 30.1 Å². The fraction of sp³-hybridized carbons (Fsp3) is 0.364. The van der Waals surface area contributed by atoms with E-state index >= 15 is 0 Å². The number of nitrogens with zero attached hydrogens (tertiary/aromatic N) is 2. The molecular weight excluding hydrogens is 192 g/mol. The minimum atomic E-state index is -0.0433. The van der Waals surface area contributed by atoms with Crippen LogP contribution in [0.2, 0.25) is 0 Å². The van der Waals surface area contributed by atoms with Gasteiger partial charge in [0.1, 0.15) is 12.4 Å². The van der Waals surface area contributed by atoms with Crippen LogP contribution in [0.1, 0.15) is 5.82 Å². The fourth-order valence-electron chi connectivity index (χ4n) is 1.68. The van der Waals surface area contributed by atoms with Gasteiger partial charge in [-0.2, -0.15) is 0 Å². The zero-order valence-electron chi connectivity index (χ0n) is 8.68. The summed E-state index contributed by atoms with van der Waals surface area (Å²) in [5, 5.41) is 9.19. The molecule has 4 heteroatoms. The van der Waals surface area contributed by atoms with E-state index in [1.807, 2.05) is 28.8 Å². The number of aliphatic hydroxyl groups is 1. The number of benzene rings is 1. The van der Waals surface area contributed by atoms with Gasteiger partial charge in [-0.1, -0.05) is 12.1 Å². The molecule has 15 heavy (non-hydrogen) atoms. The zero-order valence-corrected chi connectivity index (χ0v) is 8.68. The average Bonchev–Trinajstić information content (AvgIpc) is 2.64. The first-order valence-corrected chi connectivity index (χ1v) is 4.90. The van der Waals surface area contributed by atoms with E-state index in [1.54, 1.807) is 7.11 Å². The summed E-state index contributed by atoms with van der Waals surface area (Å²) in [6.07, 6.45) is 0. The van der Waals surface area contributed by atoms with Gasteiger partial charge in [-0.25, -0.2) is 4.98 Å². The molecule has 4 nitrogen and oxygen atoms in total. The molecule has 0 atom stereocenters. The molecule has 1 N–H and O–H groups in total. The lowest BCUT2D eigenvalue weighted by Gasteiger charge is -2.06. The molecule has 0 saturated carbocycles. The number of methoxy groups -OCH3 is 1. The summed E-state index contributed by atoms with van der Waals surface area (Å²) in [4.78, 5) is 4.34. The lowest BCUT2D eigenvalue weighted by atomic mass is 10.3. The number of rotatable bonds is 4. The van der Waals surface area contributed by atoms with Crippen LogP contribution in [0.25, 0.3) is 11.0 Å². The maximum atomic E-state index is 9.19. The van der Waals surface area contributed by atoms with Gasteiger partial charge in [0, 0.05) is 13.7 Å². The number of fused-ring (bicyclic) bond motifs is 1. The first-order valence-electron chi connectivity index (χ1n) is 4.90. The second-order valence-electron chi connectivity index (χ2n) is 3.32. The number of imidazole rings is 1. The molecule has 80 valence electrons. The molecule has 0 aliphatic heterocycles. The number of aromatic nitrogens is 2. The molecule has 1 aromatic heterocycles. The molecule has 0 aliphatic carbocycles. The van der Waals surface area contributed by atoms with Crippen LogP contribution in [0.5, 0.6) is 0 Å². The molecule has 0 aliphatic rings. The maximum Gasteiger partial charge on any atom is 0.135 e. The van der Waals surface area contributed by atoms with E-state index in [1.165, 1.54) is 0 Å². The van der Waals surface area contributed by atoms with Crippen molar-refractivity contribution in [1.29, 1.82) is 0 Å². The van der Waals surface area contributed by atoms with Gasteiger partial charge >= 0.3 is 0 Å². The molecule has 0 amide bonds. The van der Waals surface area contributed by atoms with Crippen molar-refractivity contribution in [1.82, 2.24) is 9.55 Å². The van der Waals surface area contributed by atoms with E-state index in [2.05, 4.69) is 4.98 Å². The van der Waals surface area contributed by atoms with Crippen molar-refractivity contribution in [2.45, 2.75) is 13.2 Å². The van der Waals surface area contributed by atoms with Crippen molar-refractivity contribution in [3.8, 4) is 0 Å². The van der Waals surface area contributed by atoms with E-state index in [-0.39, 0.29) is 6.61 Å². The normalized spacial score (nSPS) is 11.1. The lowest BCUT2D eigenvalue weighted by Crippen LogP contribution is -2.08. The molecule has 1 heterocycles. The van der Waals surface area contributed by atoms with Gasteiger partial charge < -0.3 is 14.4 Å². The summed E-state index contributed by atoms with van der Waals surface area (Å²) < 4.78 is 7.02.